The van der Waals surface area contributed by atoms with Crippen LogP contribution in [0.25, 0.3) is 0 Å². The maximum Gasteiger partial charge on any atom is 0.278 e. The molecule has 0 saturated carbocycles. The Bertz CT molecular complexity index is 924. The zero-order valence-corrected chi connectivity index (χ0v) is 17.7. The Kier molecular flexibility index (Phi) is 5.90. The molecule has 146 valence electrons. The summed E-state index contributed by atoms with van der Waals surface area (Å²) in [6.45, 7) is 8.44. The fourth-order valence-corrected chi connectivity index (χ4v) is 3.61. The topological polar surface area (TPSA) is 35.9 Å². The van der Waals surface area contributed by atoms with Crippen molar-refractivity contribution in [2.24, 2.45) is 4.99 Å². The number of halogens is 1. The van der Waals surface area contributed by atoms with E-state index >= 15 is 0 Å². The van der Waals surface area contributed by atoms with Crippen LogP contribution in [0.4, 0.5) is 5.69 Å². The number of aliphatic imine (C=N–C) groups is 1. The van der Waals surface area contributed by atoms with Gasteiger partial charge in [-0.2, -0.15) is 0 Å². The first-order valence-electron chi connectivity index (χ1n) is 9.51. The van der Waals surface area contributed by atoms with Crippen molar-refractivity contribution >= 4 is 28.9 Å². The van der Waals surface area contributed by atoms with Crippen LogP contribution in [-0.2, 0) is 4.79 Å². The lowest BCUT2D eigenvalue weighted by atomic mass is 10.0. The molecule has 4 nitrogen and oxygen atoms in total. The number of rotatable bonds is 4. The molecule has 1 amide bonds. The van der Waals surface area contributed by atoms with Crippen molar-refractivity contribution in [3.05, 3.63) is 76.6 Å². The first-order chi connectivity index (χ1) is 13.3. The predicted molar refractivity (Wildman–Crippen MR) is 117 cm³/mol. The molecule has 0 spiro atoms. The van der Waals surface area contributed by atoms with Crippen molar-refractivity contribution in [3.8, 4) is 0 Å². The van der Waals surface area contributed by atoms with Crippen LogP contribution in [0.1, 0.15) is 38.8 Å². The lowest BCUT2D eigenvalue weighted by molar-refractivity contribution is -0.115. The molecular weight excluding hydrogens is 370 g/mol. The summed E-state index contributed by atoms with van der Waals surface area (Å²) in [6.07, 6.45) is 1.88. The van der Waals surface area contributed by atoms with Crippen molar-refractivity contribution in [1.29, 1.82) is 0 Å². The molecule has 0 radical (unpaired) electrons. The molecule has 5 heteroatoms. The van der Waals surface area contributed by atoms with E-state index in [4.69, 9.17) is 16.6 Å². The van der Waals surface area contributed by atoms with Gasteiger partial charge in [0.1, 0.15) is 5.70 Å². The number of benzene rings is 2. The van der Waals surface area contributed by atoms with E-state index in [0.29, 0.717) is 10.7 Å². The van der Waals surface area contributed by atoms with Crippen molar-refractivity contribution in [2.45, 2.75) is 39.8 Å². The van der Waals surface area contributed by atoms with Crippen molar-refractivity contribution in [1.82, 2.24) is 4.90 Å². The van der Waals surface area contributed by atoms with E-state index < -0.39 is 0 Å². The van der Waals surface area contributed by atoms with Crippen LogP contribution >= 0.6 is 11.6 Å². The molecule has 0 fully saturated rings. The van der Waals surface area contributed by atoms with Crippen molar-refractivity contribution < 1.29 is 4.79 Å². The maximum atomic E-state index is 13.2. The number of nitrogens with zero attached hydrogens (tertiary/aromatic N) is 3. The Morgan fingerprint density at radius 2 is 1.68 bits per heavy atom. The summed E-state index contributed by atoms with van der Waals surface area (Å²) in [5.41, 5.74) is 3.74. The van der Waals surface area contributed by atoms with Crippen LogP contribution in [0.2, 0.25) is 5.02 Å². The van der Waals surface area contributed by atoms with Gasteiger partial charge in [-0.1, -0.05) is 41.9 Å². The van der Waals surface area contributed by atoms with E-state index in [1.54, 1.807) is 18.0 Å². The summed E-state index contributed by atoms with van der Waals surface area (Å²) in [4.78, 5) is 21.9. The van der Waals surface area contributed by atoms with Gasteiger partial charge in [0.05, 0.1) is 11.4 Å². The number of hydrogen-bond donors (Lipinski definition) is 0. The van der Waals surface area contributed by atoms with E-state index in [-0.39, 0.29) is 18.0 Å². The second-order valence-corrected chi connectivity index (χ2v) is 7.94. The highest BCUT2D eigenvalue weighted by Crippen LogP contribution is 2.31. The van der Waals surface area contributed by atoms with Gasteiger partial charge in [-0.3, -0.25) is 4.79 Å². The van der Waals surface area contributed by atoms with Gasteiger partial charge in [-0.15, -0.1) is 0 Å². The molecule has 0 bridgehead atoms. The zero-order valence-electron chi connectivity index (χ0n) is 17.0. The molecule has 2 aromatic carbocycles. The SMILES string of the molecule is CC(C)N(/C=C1/N=C(c2ccccc2)c2cc(Cl)ccc2N(C)C1=O)C(C)C. The third-order valence-corrected chi connectivity index (χ3v) is 5.08. The van der Waals surface area contributed by atoms with Gasteiger partial charge in [-0.05, 0) is 45.9 Å². The van der Waals surface area contributed by atoms with E-state index in [1.807, 2.05) is 48.7 Å². The van der Waals surface area contributed by atoms with Gasteiger partial charge in [0.2, 0.25) is 0 Å². The molecule has 2 aromatic rings. The molecule has 1 aliphatic heterocycles. The molecule has 1 aliphatic rings. The minimum Gasteiger partial charge on any atom is -0.371 e. The fourth-order valence-electron chi connectivity index (χ4n) is 3.44. The molecule has 0 unspecified atom stereocenters. The van der Waals surface area contributed by atoms with Crippen LogP contribution in [0.15, 0.2) is 65.4 Å². The van der Waals surface area contributed by atoms with E-state index in [0.717, 1.165) is 22.5 Å². The molecule has 1 heterocycles. The Morgan fingerprint density at radius 3 is 2.29 bits per heavy atom. The second-order valence-electron chi connectivity index (χ2n) is 7.50. The number of anilines is 1. The Labute approximate surface area is 172 Å². The van der Waals surface area contributed by atoms with Gasteiger partial charge in [-0.25, -0.2) is 4.99 Å². The predicted octanol–water partition coefficient (Wildman–Crippen LogP) is 5.11. The highest BCUT2D eigenvalue weighted by Gasteiger charge is 2.27. The first-order valence-corrected chi connectivity index (χ1v) is 9.88. The quantitative estimate of drug-likeness (QED) is 0.674. The van der Waals surface area contributed by atoms with Crippen molar-refractivity contribution in [3.63, 3.8) is 0 Å². The normalized spacial score (nSPS) is 15.7. The third kappa shape index (κ3) is 3.97. The van der Waals surface area contributed by atoms with Crippen LogP contribution in [0.3, 0.4) is 0 Å². The fraction of sp³-hybridized carbons (Fsp3) is 0.304. The van der Waals surface area contributed by atoms with Gasteiger partial charge < -0.3 is 9.80 Å². The molecule has 0 aliphatic carbocycles. The number of carbonyl (C=O) groups is 1. The Hall–Kier alpha value is -2.59. The Morgan fingerprint density at radius 1 is 1.04 bits per heavy atom. The van der Waals surface area contributed by atoms with Gasteiger partial charge in [0, 0.05) is 41.5 Å². The highest BCUT2D eigenvalue weighted by atomic mass is 35.5. The lowest BCUT2D eigenvalue weighted by Gasteiger charge is -2.30. The summed E-state index contributed by atoms with van der Waals surface area (Å²) < 4.78 is 0. The largest absolute Gasteiger partial charge is 0.371 e. The minimum absolute atomic E-state index is 0.138. The number of likely N-dealkylation sites (N-methyl/N-ethyl adjacent to an activating group) is 1. The van der Waals surface area contributed by atoms with Crippen LogP contribution in [-0.4, -0.2) is 35.7 Å². The molecule has 0 aromatic heterocycles. The average Bonchev–Trinajstić information content (AvgIpc) is 2.76. The van der Waals surface area contributed by atoms with Gasteiger partial charge >= 0.3 is 0 Å². The lowest BCUT2D eigenvalue weighted by Crippen LogP contribution is -2.34. The number of fused-ring (bicyclic) bond motifs is 1. The number of amides is 1. The summed E-state index contributed by atoms with van der Waals surface area (Å²) in [5, 5.41) is 0.613. The molecule has 3 rings (SSSR count). The highest BCUT2D eigenvalue weighted by molar-refractivity contribution is 6.32. The average molecular weight is 396 g/mol. The molecule has 0 saturated heterocycles. The molecule has 0 N–H and O–H groups in total. The zero-order chi connectivity index (χ0) is 20.4. The van der Waals surface area contributed by atoms with Crippen molar-refractivity contribution in [2.75, 3.05) is 11.9 Å². The number of hydrogen-bond acceptors (Lipinski definition) is 3. The monoisotopic (exact) mass is 395 g/mol. The Balaban J connectivity index is 2.26. The summed E-state index contributed by atoms with van der Waals surface area (Å²) in [5.74, 6) is -0.138. The number of carbonyl (C=O) groups excluding carboxylic acids is 1. The summed E-state index contributed by atoms with van der Waals surface area (Å²) in [6, 6.07) is 16.0. The maximum absolute atomic E-state index is 13.2. The summed E-state index contributed by atoms with van der Waals surface area (Å²) in [7, 11) is 1.78. The molecule has 28 heavy (non-hydrogen) atoms. The van der Waals surface area contributed by atoms with Crippen LogP contribution in [0, 0.1) is 0 Å². The molecular formula is C23H26ClN3O. The number of benzodiazepines with no additional fused rings is 1. The van der Waals surface area contributed by atoms with Crippen LogP contribution in [0.5, 0.6) is 0 Å². The van der Waals surface area contributed by atoms with E-state index in [9.17, 15) is 4.79 Å². The first kappa shape index (κ1) is 20.2. The molecule has 0 atom stereocenters. The van der Waals surface area contributed by atoms with E-state index in [2.05, 4.69) is 32.6 Å². The standard InChI is InChI=1S/C23H26ClN3O/c1-15(2)27(16(3)4)14-20-23(28)26(5)21-12-11-18(24)13-19(21)22(25-20)17-9-7-6-8-10-17/h6-16H,1-5H3/b20-14+. The second kappa shape index (κ2) is 8.19. The van der Waals surface area contributed by atoms with Gasteiger partial charge in [0.25, 0.3) is 5.91 Å². The summed E-state index contributed by atoms with van der Waals surface area (Å²) >= 11 is 6.29. The van der Waals surface area contributed by atoms with Gasteiger partial charge in [0.15, 0.2) is 0 Å². The van der Waals surface area contributed by atoms with E-state index in [1.165, 1.54) is 0 Å². The smallest absolute Gasteiger partial charge is 0.278 e. The minimum atomic E-state index is -0.138. The van der Waals surface area contributed by atoms with Crippen LogP contribution < -0.4 is 4.90 Å². The third-order valence-electron chi connectivity index (χ3n) is 4.84.